The molecule has 0 amide bonds. The quantitative estimate of drug-likeness (QED) is 0.440. The number of rotatable bonds is 6. The second-order valence-electron chi connectivity index (χ2n) is 5.69. The molecule has 0 atom stereocenters. The highest BCUT2D eigenvalue weighted by Crippen LogP contribution is 2.31. The maximum atomic E-state index is 12.7. The lowest BCUT2D eigenvalue weighted by Crippen LogP contribution is -2.22. The topological polar surface area (TPSA) is 134 Å². The van der Waals surface area contributed by atoms with Crippen molar-refractivity contribution < 1.29 is 10.0 Å². The number of azo groups is 1. The molecule has 1 aromatic heterocycles. The zero-order valence-electron chi connectivity index (χ0n) is 14.6. The number of nitro benzene ring substituents is 1. The van der Waals surface area contributed by atoms with E-state index in [-0.39, 0.29) is 39.8 Å². The van der Waals surface area contributed by atoms with Crippen molar-refractivity contribution in [1.29, 1.82) is 5.26 Å². The summed E-state index contributed by atoms with van der Waals surface area (Å²) in [4.78, 5) is 22.8. The molecule has 0 bridgehead atoms. The van der Waals surface area contributed by atoms with Gasteiger partial charge in [0, 0.05) is 24.2 Å². The molecule has 1 aromatic carbocycles. The number of aromatic hydroxyl groups is 1. The van der Waals surface area contributed by atoms with Gasteiger partial charge in [-0.15, -0.1) is 10.2 Å². The minimum absolute atomic E-state index is 0.00352. The van der Waals surface area contributed by atoms with Crippen molar-refractivity contribution >= 4 is 28.7 Å². The van der Waals surface area contributed by atoms with Crippen LogP contribution >= 0.6 is 11.6 Å². The highest BCUT2D eigenvalue weighted by Gasteiger charge is 2.19. The summed E-state index contributed by atoms with van der Waals surface area (Å²) in [6.45, 7) is 3.64. The molecule has 0 saturated carbocycles. The summed E-state index contributed by atoms with van der Waals surface area (Å²) in [5, 5.41) is 38.0. The number of halogens is 1. The van der Waals surface area contributed by atoms with Crippen molar-refractivity contribution in [2.45, 2.75) is 33.2 Å². The molecule has 0 unspecified atom stereocenters. The smallest absolute Gasteiger partial charge is 0.281 e. The van der Waals surface area contributed by atoms with Crippen molar-refractivity contribution in [2.24, 2.45) is 10.2 Å². The van der Waals surface area contributed by atoms with Gasteiger partial charge in [-0.05, 0) is 19.4 Å². The monoisotopic (exact) mass is 389 g/mol. The summed E-state index contributed by atoms with van der Waals surface area (Å²) >= 11 is 5.97. The summed E-state index contributed by atoms with van der Waals surface area (Å²) < 4.78 is 1.08. The Morgan fingerprint density at radius 1 is 1.41 bits per heavy atom. The van der Waals surface area contributed by atoms with Crippen LogP contribution in [0.4, 0.5) is 17.1 Å². The van der Waals surface area contributed by atoms with Crippen LogP contribution < -0.4 is 5.56 Å². The van der Waals surface area contributed by atoms with Crippen LogP contribution in [0.1, 0.15) is 30.9 Å². The molecule has 140 valence electrons. The lowest BCUT2D eigenvalue weighted by Gasteiger charge is -2.12. The second kappa shape index (κ2) is 8.42. The van der Waals surface area contributed by atoms with Gasteiger partial charge in [-0.2, -0.15) is 5.26 Å². The number of aromatic nitrogens is 1. The standard InChI is InChI=1S/C17H16ClN5O4/c1-3-4-7-22-16(24)12(9-19)10(2)15(17(22)25)21-20-14-6-5-11(23(26)27)8-13(14)18/h5-6,8,24H,3-4,7H2,1-2H3. The van der Waals surface area contributed by atoms with Gasteiger partial charge in [-0.3, -0.25) is 19.5 Å². The molecule has 0 fully saturated rings. The van der Waals surface area contributed by atoms with Crippen LogP contribution in [0.15, 0.2) is 33.2 Å². The van der Waals surface area contributed by atoms with E-state index in [1.54, 1.807) is 0 Å². The number of hydrogen-bond acceptors (Lipinski definition) is 7. The normalized spacial score (nSPS) is 10.9. The first-order chi connectivity index (χ1) is 12.8. The number of benzene rings is 1. The number of nitriles is 1. The largest absolute Gasteiger partial charge is 0.493 e. The zero-order chi connectivity index (χ0) is 20.1. The summed E-state index contributed by atoms with van der Waals surface area (Å²) in [6, 6.07) is 5.51. The summed E-state index contributed by atoms with van der Waals surface area (Å²) in [5.74, 6) is -0.402. The van der Waals surface area contributed by atoms with Crippen LogP contribution in [0.5, 0.6) is 5.88 Å². The Balaban J connectivity index is 2.56. The molecule has 1 N–H and O–H groups in total. The third-order valence-corrected chi connectivity index (χ3v) is 4.21. The van der Waals surface area contributed by atoms with Crippen molar-refractivity contribution in [3.05, 3.63) is 54.8 Å². The third-order valence-electron chi connectivity index (χ3n) is 3.90. The molecule has 0 aliphatic carbocycles. The van der Waals surface area contributed by atoms with E-state index in [4.69, 9.17) is 11.6 Å². The second-order valence-corrected chi connectivity index (χ2v) is 6.09. The fourth-order valence-electron chi connectivity index (χ4n) is 2.38. The van der Waals surface area contributed by atoms with Gasteiger partial charge in [0.25, 0.3) is 11.2 Å². The molecular formula is C17H16ClN5O4. The van der Waals surface area contributed by atoms with E-state index < -0.39 is 16.4 Å². The van der Waals surface area contributed by atoms with E-state index in [1.165, 1.54) is 19.1 Å². The summed E-state index contributed by atoms with van der Waals surface area (Å²) in [5.41, 5.74) is -0.626. The predicted molar refractivity (Wildman–Crippen MR) is 99.0 cm³/mol. The van der Waals surface area contributed by atoms with E-state index in [0.29, 0.717) is 6.42 Å². The maximum absolute atomic E-state index is 12.7. The van der Waals surface area contributed by atoms with Gasteiger partial charge in [-0.1, -0.05) is 24.9 Å². The molecule has 10 heteroatoms. The van der Waals surface area contributed by atoms with E-state index >= 15 is 0 Å². The molecular weight excluding hydrogens is 374 g/mol. The van der Waals surface area contributed by atoms with Gasteiger partial charge in [0.1, 0.15) is 17.3 Å². The van der Waals surface area contributed by atoms with Gasteiger partial charge in [0.2, 0.25) is 5.88 Å². The van der Waals surface area contributed by atoms with Crippen LogP contribution in [0, 0.1) is 28.4 Å². The van der Waals surface area contributed by atoms with Crippen LogP contribution in [0.2, 0.25) is 5.02 Å². The molecule has 0 aliphatic heterocycles. The average molecular weight is 390 g/mol. The maximum Gasteiger partial charge on any atom is 0.281 e. The first-order valence-electron chi connectivity index (χ1n) is 8.03. The number of nitrogens with zero attached hydrogens (tertiary/aromatic N) is 5. The Morgan fingerprint density at radius 2 is 2.11 bits per heavy atom. The fraction of sp³-hybridized carbons (Fsp3) is 0.294. The number of pyridine rings is 1. The molecule has 27 heavy (non-hydrogen) atoms. The van der Waals surface area contributed by atoms with Crippen molar-refractivity contribution in [3.63, 3.8) is 0 Å². The van der Waals surface area contributed by atoms with Crippen molar-refractivity contribution in [2.75, 3.05) is 0 Å². The molecule has 0 aliphatic rings. The van der Waals surface area contributed by atoms with Gasteiger partial charge >= 0.3 is 0 Å². The van der Waals surface area contributed by atoms with E-state index in [1.807, 2.05) is 13.0 Å². The van der Waals surface area contributed by atoms with Gasteiger partial charge in [0.05, 0.1) is 9.95 Å². The Bertz CT molecular complexity index is 1020. The Hall–Kier alpha value is -3.25. The molecule has 0 radical (unpaired) electrons. The molecule has 2 aromatic rings. The summed E-state index contributed by atoms with van der Waals surface area (Å²) in [7, 11) is 0. The Morgan fingerprint density at radius 3 is 2.67 bits per heavy atom. The third kappa shape index (κ3) is 4.12. The average Bonchev–Trinajstić information content (AvgIpc) is 2.62. The number of nitro groups is 1. The first kappa shape index (κ1) is 20.1. The molecule has 2 rings (SSSR count). The lowest BCUT2D eigenvalue weighted by atomic mass is 10.1. The Kier molecular flexibility index (Phi) is 6.26. The van der Waals surface area contributed by atoms with Crippen LogP contribution in [-0.4, -0.2) is 14.6 Å². The zero-order valence-corrected chi connectivity index (χ0v) is 15.4. The van der Waals surface area contributed by atoms with Crippen LogP contribution in [0.3, 0.4) is 0 Å². The molecule has 0 saturated heterocycles. The Labute approximate surface area is 159 Å². The predicted octanol–water partition coefficient (Wildman–Crippen LogP) is 4.51. The number of hydrogen-bond donors (Lipinski definition) is 1. The minimum Gasteiger partial charge on any atom is -0.493 e. The van der Waals surface area contributed by atoms with Crippen molar-refractivity contribution in [1.82, 2.24) is 4.57 Å². The molecule has 1 heterocycles. The summed E-state index contributed by atoms with van der Waals surface area (Å²) in [6.07, 6.45) is 1.42. The first-order valence-corrected chi connectivity index (χ1v) is 8.41. The number of non-ortho nitro benzene ring substituents is 1. The minimum atomic E-state index is -0.595. The highest BCUT2D eigenvalue weighted by molar-refractivity contribution is 6.33. The van der Waals surface area contributed by atoms with E-state index in [2.05, 4.69) is 10.2 Å². The number of unbranched alkanes of at least 4 members (excludes halogenated alkanes) is 1. The highest BCUT2D eigenvalue weighted by atomic mass is 35.5. The SMILES string of the molecule is CCCCn1c(O)c(C#N)c(C)c(N=Nc2ccc([N+](=O)[O-])cc2Cl)c1=O. The van der Waals surface area contributed by atoms with Crippen LogP contribution in [0.25, 0.3) is 0 Å². The lowest BCUT2D eigenvalue weighted by molar-refractivity contribution is -0.384. The van der Waals surface area contributed by atoms with Gasteiger partial charge < -0.3 is 5.11 Å². The van der Waals surface area contributed by atoms with Gasteiger partial charge in [0.15, 0.2) is 5.69 Å². The molecule has 9 nitrogen and oxygen atoms in total. The van der Waals surface area contributed by atoms with Gasteiger partial charge in [-0.25, -0.2) is 0 Å². The molecule has 0 spiro atoms. The van der Waals surface area contributed by atoms with Crippen molar-refractivity contribution in [3.8, 4) is 11.9 Å². The fourth-order valence-corrected chi connectivity index (χ4v) is 2.59. The van der Waals surface area contributed by atoms with Crippen LogP contribution in [-0.2, 0) is 6.54 Å². The van der Waals surface area contributed by atoms with E-state index in [9.17, 15) is 25.3 Å². The van der Waals surface area contributed by atoms with E-state index in [0.717, 1.165) is 17.1 Å².